The third kappa shape index (κ3) is 5.05. The third-order valence-electron chi connectivity index (χ3n) is 7.16. The lowest BCUT2D eigenvalue weighted by Crippen LogP contribution is -2.43. The van der Waals surface area contributed by atoms with Crippen LogP contribution >= 0.6 is 0 Å². The fourth-order valence-electron chi connectivity index (χ4n) is 4.99. The largest absolute Gasteiger partial charge is 0.492 e. The van der Waals surface area contributed by atoms with Crippen LogP contribution in [0.4, 0.5) is 4.39 Å². The molecule has 36 heavy (non-hydrogen) atoms. The molecule has 2 amide bonds. The summed E-state index contributed by atoms with van der Waals surface area (Å²) in [5, 5.41) is 6.11. The Bertz CT molecular complexity index is 1310. The van der Waals surface area contributed by atoms with Gasteiger partial charge < -0.3 is 20.4 Å². The number of aromatic amines is 1. The van der Waals surface area contributed by atoms with Crippen molar-refractivity contribution < 1.29 is 18.7 Å². The number of fused-ring (bicyclic) bond motifs is 1. The number of aromatic nitrogens is 3. The lowest BCUT2D eigenvalue weighted by Gasteiger charge is -2.29. The number of carbonyl (C=O) groups is 2. The summed E-state index contributed by atoms with van der Waals surface area (Å²) in [6, 6.07) is 3.36. The van der Waals surface area contributed by atoms with Crippen LogP contribution in [0.3, 0.4) is 0 Å². The Morgan fingerprint density at radius 2 is 1.75 bits per heavy atom. The molecule has 2 fully saturated rings. The maximum Gasteiger partial charge on any atom is 0.255 e. The van der Waals surface area contributed by atoms with Crippen molar-refractivity contribution in [1.82, 2.24) is 25.6 Å². The van der Waals surface area contributed by atoms with Crippen LogP contribution in [0.25, 0.3) is 22.3 Å². The third-order valence-corrected chi connectivity index (χ3v) is 7.16. The Kier molecular flexibility index (Phi) is 6.64. The lowest BCUT2D eigenvalue weighted by atomic mass is 9.91. The van der Waals surface area contributed by atoms with Gasteiger partial charge in [0.2, 0.25) is 5.91 Å². The number of H-pyrrole nitrogens is 1. The number of rotatable bonds is 7. The SMILES string of the molecule is CC(=O)NC1CCC(NC(=O)c2c(C)[nH]c3c(-c4cc(C)c(F)cc4OCC4CC4)ncnc23)CC1. The molecule has 0 unspecified atom stereocenters. The Morgan fingerprint density at radius 3 is 2.42 bits per heavy atom. The first-order valence-corrected chi connectivity index (χ1v) is 12.6. The van der Waals surface area contributed by atoms with Crippen molar-refractivity contribution in [2.45, 2.75) is 71.4 Å². The number of benzene rings is 1. The summed E-state index contributed by atoms with van der Waals surface area (Å²) >= 11 is 0. The van der Waals surface area contributed by atoms with E-state index in [0.717, 1.165) is 38.5 Å². The molecule has 2 aliphatic rings. The number of carbonyl (C=O) groups excluding carboxylic acids is 2. The van der Waals surface area contributed by atoms with E-state index in [4.69, 9.17) is 4.74 Å². The van der Waals surface area contributed by atoms with Crippen LogP contribution in [-0.2, 0) is 4.79 Å². The smallest absolute Gasteiger partial charge is 0.255 e. The number of hydrogen-bond acceptors (Lipinski definition) is 5. The van der Waals surface area contributed by atoms with E-state index < -0.39 is 0 Å². The number of halogens is 1. The van der Waals surface area contributed by atoms with Crippen LogP contribution in [0.15, 0.2) is 18.5 Å². The van der Waals surface area contributed by atoms with Gasteiger partial charge in [-0.1, -0.05) is 0 Å². The fraction of sp³-hybridized carbons (Fsp3) is 0.481. The maximum absolute atomic E-state index is 14.4. The molecule has 2 saturated carbocycles. The van der Waals surface area contributed by atoms with Crippen molar-refractivity contribution in [3.63, 3.8) is 0 Å². The average molecular weight is 494 g/mol. The lowest BCUT2D eigenvalue weighted by molar-refractivity contribution is -0.119. The summed E-state index contributed by atoms with van der Waals surface area (Å²) in [5.41, 5.74) is 4.06. The predicted molar refractivity (Wildman–Crippen MR) is 134 cm³/mol. The van der Waals surface area contributed by atoms with Crippen molar-refractivity contribution in [3.05, 3.63) is 41.1 Å². The summed E-state index contributed by atoms with van der Waals surface area (Å²) in [6.45, 7) is 5.63. The van der Waals surface area contributed by atoms with E-state index in [1.807, 2.05) is 6.92 Å². The van der Waals surface area contributed by atoms with Gasteiger partial charge in [-0.2, -0.15) is 0 Å². The van der Waals surface area contributed by atoms with Crippen LogP contribution < -0.4 is 15.4 Å². The van der Waals surface area contributed by atoms with E-state index in [1.165, 1.54) is 19.3 Å². The van der Waals surface area contributed by atoms with Crippen LogP contribution in [0.2, 0.25) is 0 Å². The molecule has 3 aromatic rings. The number of ether oxygens (including phenoxy) is 1. The highest BCUT2D eigenvalue weighted by molar-refractivity contribution is 6.09. The second kappa shape index (κ2) is 9.87. The van der Waals surface area contributed by atoms with Crippen molar-refractivity contribution in [2.24, 2.45) is 5.92 Å². The van der Waals surface area contributed by atoms with Crippen molar-refractivity contribution in [3.8, 4) is 17.0 Å². The molecule has 0 spiro atoms. The van der Waals surface area contributed by atoms with Crippen LogP contribution in [0.5, 0.6) is 5.75 Å². The molecule has 0 bridgehead atoms. The molecule has 0 aliphatic heterocycles. The Morgan fingerprint density at radius 1 is 1.06 bits per heavy atom. The number of aryl methyl sites for hydroxylation is 2. The van der Waals surface area contributed by atoms with Crippen molar-refractivity contribution >= 4 is 22.8 Å². The number of nitrogens with zero attached hydrogens (tertiary/aromatic N) is 2. The molecule has 8 nitrogen and oxygen atoms in total. The summed E-state index contributed by atoms with van der Waals surface area (Å²) < 4.78 is 20.4. The van der Waals surface area contributed by atoms with Gasteiger partial charge in [0.1, 0.15) is 29.1 Å². The first-order valence-electron chi connectivity index (χ1n) is 12.6. The van der Waals surface area contributed by atoms with E-state index in [2.05, 4.69) is 25.6 Å². The first kappa shape index (κ1) is 24.2. The summed E-state index contributed by atoms with van der Waals surface area (Å²) in [5.74, 6) is 0.422. The highest BCUT2D eigenvalue weighted by Crippen LogP contribution is 2.37. The van der Waals surface area contributed by atoms with E-state index in [0.29, 0.717) is 57.4 Å². The molecule has 2 aromatic heterocycles. The minimum Gasteiger partial charge on any atom is -0.492 e. The Labute approximate surface area is 209 Å². The van der Waals surface area contributed by atoms with Crippen molar-refractivity contribution in [1.29, 1.82) is 0 Å². The van der Waals surface area contributed by atoms with Crippen molar-refractivity contribution in [2.75, 3.05) is 6.61 Å². The predicted octanol–water partition coefficient (Wildman–Crippen LogP) is 4.35. The van der Waals surface area contributed by atoms with Crippen LogP contribution in [0.1, 0.15) is 67.1 Å². The van der Waals surface area contributed by atoms with E-state index >= 15 is 0 Å². The molecule has 1 aromatic carbocycles. The van der Waals surface area contributed by atoms with Gasteiger partial charge in [0.25, 0.3) is 5.91 Å². The van der Waals surface area contributed by atoms with Crippen LogP contribution in [0, 0.1) is 25.6 Å². The molecule has 5 rings (SSSR count). The molecule has 2 aliphatic carbocycles. The van der Waals surface area contributed by atoms with Crippen LogP contribution in [-0.4, -0.2) is 45.5 Å². The van der Waals surface area contributed by atoms with Gasteiger partial charge in [-0.3, -0.25) is 9.59 Å². The van der Waals surface area contributed by atoms with Gasteiger partial charge in [0.15, 0.2) is 0 Å². The average Bonchev–Trinajstić information content (AvgIpc) is 3.60. The zero-order valence-corrected chi connectivity index (χ0v) is 20.9. The molecule has 0 saturated heterocycles. The van der Waals surface area contributed by atoms with Gasteiger partial charge in [-0.25, -0.2) is 14.4 Å². The molecule has 0 radical (unpaired) electrons. The highest BCUT2D eigenvalue weighted by Gasteiger charge is 2.27. The summed E-state index contributed by atoms with van der Waals surface area (Å²) in [6.07, 6.45) is 6.96. The van der Waals surface area contributed by atoms with E-state index in [9.17, 15) is 14.0 Å². The summed E-state index contributed by atoms with van der Waals surface area (Å²) in [7, 11) is 0. The first-order chi connectivity index (χ1) is 17.3. The number of nitrogens with one attached hydrogen (secondary N) is 3. The van der Waals surface area contributed by atoms with Gasteiger partial charge in [-0.05, 0) is 69.9 Å². The molecule has 190 valence electrons. The standard InChI is InChI=1S/C27H32FN5O3/c1-14-10-20(22(11-21(14)28)36-12-17-4-5-17)24-26-25(30-13-29-24)23(15(2)31-26)27(35)33-19-8-6-18(7-9-19)32-16(3)34/h10-11,13,17-19,31H,4-9,12H2,1-3H3,(H,32,34)(H,33,35). The second-order valence-corrected chi connectivity index (χ2v) is 10.1. The fourth-order valence-corrected chi connectivity index (χ4v) is 4.99. The number of hydrogen-bond donors (Lipinski definition) is 3. The molecule has 2 heterocycles. The Balaban J connectivity index is 1.42. The number of amides is 2. The monoisotopic (exact) mass is 493 g/mol. The summed E-state index contributed by atoms with van der Waals surface area (Å²) in [4.78, 5) is 36.9. The second-order valence-electron chi connectivity index (χ2n) is 10.1. The topological polar surface area (TPSA) is 109 Å². The molecule has 3 N–H and O–H groups in total. The van der Waals surface area contributed by atoms with Gasteiger partial charge in [-0.15, -0.1) is 0 Å². The quantitative estimate of drug-likeness (QED) is 0.454. The molecular formula is C27H32FN5O3. The minimum atomic E-state index is -0.328. The van der Waals surface area contributed by atoms with Gasteiger partial charge in [0.05, 0.1) is 17.7 Å². The normalized spacial score (nSPS) is 19.8. The molecule has 0 atom stereocenters. The van der Waals surface area contributed by atoms with Gasteiger partial charge >= 0.3 is 0 Å². The molecule has 9 heteroatoms. The minimum absolute atomic E-state index is 0.0233. The molecular weight excluding hydrogens is 461 g/mol. The Hall–Kier alpha value is -3.49. The highest BCUT2D eigenvalue weighted by atomic mass is 19.1. The zero-order valence-electron chi connectivity index (χ0n) is 20.9. The maximum atomic E-state index is 14.4. The van der Waals surface area contributed by atoms with E-state index in [1.54, 1.807) is 13.0 Å². The van der Waals surface area contributed by atoms with E-state index in [-0.39, 0.29) is 29.7 Å². The van der Waals surface area contributed by atoms with Gasteiger partial charge in [0, 0.05) is 36.3 Å². The zero-order chi connectivity index (χ0) is 25.4.